The molecule has 1 aliphatic carbocycles. The first-order valence-corrected chi connectivity index (χ1v) is 6.46. The molecule has 0 aliphatic heterocycles. The van der Waals surface area contributed by atoms with E-state index in [4.69, 9.17) is 15.7 Å². The molecule has 0 saturated heterocycles. The Labute approximate surface area is 107 Å². The Bertz CT molecular complexity index is 432. The van der Waals surface area contributed by atoms with Crippen molar-refractivity contribution in [2.75, 3.05) is 0 Å². The smallest absolute Gasteiger partial charge is 0.173 e. The van der Waals surface area contributed by atoms with Gasteiger partial charge in [0.05, 0.1) is 5.56 Å². The Hall–Kier alpha value is -1.71. The molecule has 2 atom stereocenters. The van der Waals surface area contributed by atoms with Crippen molar-refractivity contribution < 1.29 is 9.94 Å². The zero-order valence-corrected chi connectivity index (χ0v) is 10.7. The average Bonchev–Trinajstić information content (AvgIpc) is 2.41. The molecule has 0 aromatic heterocycles. The molecule has 0 heterocycles. The lowest BCUT2D eigenvalue weighted by molar-refractivity contribution is 0.102. The standard InChI is InChI=1S/C14H20N2O2/c1-10-6-2-4-8-12(10)18-13-9-5-3-7-11(13)14(15)16-17/h3,5,7,9-10,12,17H,2,4,6,8H2,1H3,(H2,15,16). The molecule has 1 aliphatic rings. The lowest BCUT2D eigenvalue weighted by Crippen LogP contribution is -2.29. The molecule has 4 nitrogen and oxygen atoms in total. The van der Waals surface area contributed by atoms with Gasteiger partial charge in [0, 0.05) is 0 Å². The minimum atomic E-state index is 0.0917. The van der Waals surface area contributed by atoms with Gasteiger partial charge in [-0.15, -0.1) is 0 Å². The van der Waals surface area contributed by atoms with Gasteiger partial charge in [-0.3, -0.25) is 0 Å². The molecule has 1 aromatic rings. The van der Waals surface area contributed by atoms with Crippen molar-refractivity contribution in [1.82, 2.24) is 0 Å². The third-order valence-electron chi connectivity index (χ3n) is 3.58. The van der Waals surface area contributed by atoms with E-state index in [-0.39, 0.29) is 11.9 Å². The number of para-hydroxylation sites is 1. The van der Waals surface area contributed by atoms with Gasteiger partial charge in [0.1, 0.15) is 11.9 Å². The number of amidine groups is 1. The molecule has 1 fully saturated rings. The molecule has 2 rings (SSSR count). The summed E-state index contributed by atoms with van der Waals surface area (Å²) < 4.78 is 6.05. The van der Waals surface area contributed by atoms with E-state index < -0.39 is 0 Å². The molecule has 0 amide bonds. The summed E-state index contributed by atoms with van der Waals surface area (Å²) in [4.78, 5) is 0. The van der Waals surface area contributed by atoms with E-state index in [1.165, 1.54) is 19.3 Å². The monoisotopic (exact) mass is 248 g/mol. The van der Waals surface area contributed by atoms with E-state index in [2.05, 4.69) is 12.1 Å². The van der Waals surface area contributed by atoms with Crippen molar-refractivity contribution >= 4 is 5.84 Å². The van der Waals surface area contributed by atoms with Crippen LogP contribution in [0.15, 0.2) is 29.4 Å². The Morgan fingerprint density at radius 3 is 2.78 bits per heavy atom. The fourth-order valence-electron chi connectivity index (χ4n) is 2.46. The molecular formula is C14H20N2O2. The molecule has 0 spiro atoms. The van der Waals surface area contributed by atoms with Crippen LogP contribution in [0.5, 0.6) is 5.75 Å². The van der Waals surface area contributed by atoms with Crippen molar-refractivity contribution in [3.05, 3.63) is 29.8 Å². The largest absolute Gasteiger partial charge is 0.489 e. The van der Waals surface area contributed by atoms with E-state index in [1.807, 2.05) is 18.2 Å². The highest BCUT2D eigenvalue weighted by Gasteiger charge is 2.23. The van der Waals surface area contributed by atoms with Crippen LogP contribution < -0.4 is 10.5 Å². The third kappa shape index (κ3) is 2.75. The zero-order valence-electron chi connectivity index (χ0n) is 10.7. The predicted molar refractivity (Wildman–Crippen MR) is 71.0 cm³/mol. The summed E-state index contributed by atoms with van der Waals surface area (Å²) in [7, 11) is 0. The number of nitrogens with zero attached hydrogens (tertiary/aromatic N) is 1. The van der Waals surface area contributed by atoms with Crippen LogP contribution in [-0.2, 0) is 0 Å². The van der Waals surface area contributed by atoms with Crippen molar-refractivity contribution in [3.8, 4) is 5.75 Å². The van der Waals surface area contributed by atoms with Crippen LogP contribution in [0.2, 0.25) is 0 Å². The van der Waals surface area contributed by atoms with Gasteiger partial charge in [-0.05, 0) is 37.3 Å². The lowest BCUT2D eigenvalue weighted by Gasteiger charge is -2.29. The molecule has 18 heavy (non-hydrogen) atoms. The molecule has 1 aromatic carbocycles. The third-order valence-corrected chi connectivity index (χ3v) is 3.58. The maximum atomic E-state index is 8.78. The molecule has 3 N–H and O–H groups in total. The average molecular weight is 248 g/mol. The summed E-state index contributed by atoms with van der Waals surface area (Å²) in [6, 6.07) is 7.42. The van der Waals surface area contributed by atoms with Crippen LogP contribution in [-0.4, -0.2) is 17.1 Å². The first-order chi connectivity index (χ1) is 8.72. The van der Waals surface area contributed by atoms with Crippen LogP contribution in [0, 0.1) is 5.92 Å². The van der Waals surface area contributed by atoms with Gasteiger partial charge in [-0.2, -0.15) is 0 Å². The minimum Gasteiger partial charge on any atom is -0.489 e. The van der Waals surface area contributed by atoms with Crippen molar-refractivity contribution in [2.24, 2.45) is 16.8 Å². The number of benzene rings is 1. The SMILES string of the molecule is CC1CCCCC1Oc1ccccc1/C(N)=N/O. The predicted octanol–water partition coefficient (Wildman–Crippen LogP) is 2.74. The highest BCUT2D eigenvalue weighted by Crippen LogP contribution is 2.29. The summed E-state index contributed by atoms with van der Waals surface area (Å²) in [5.74, 6) is 1.35. The molecule has 98 valence electrons. The highest BCUT2D eigenvalue weighted by molar-refractivity contribution is 5.99. The molecule has 1 saturated carbocycles. The Balaban J connectivity index is 2.18. The second-order valence-electron chi connectivity index (χ2n) is 4.90. The number of oxime groups is 1. The maximum Gasteiger partial charge on any atom is 0.173 e. The summed E-state index contributed by atoms with van der Waals surface area (Å²) in [6.45, 7) is 2.22. The summed E-state index contributed by atoms with van der Waals surface area (Å²) in [5.41, 5.74) is 6.31. The van der Waals surface area contributed by atoms with Gasteiger partial charge < -0.3 is 15.7 Å². The lowest BCUT2D eigenvalue weighted by atomic mass is 9.88. The normalized spacial score (nSPS) is 24.8. The fourth-order valence-corrected chi connectivity index (χ4v) is 2.46. The van der Waals surface area contributed by atoms with Crippen LogP contribution in [0.25, 0.3) is 0 Å². The molecule has 0 bridgehead atoms. The van der Waals surface area contributed by atoms with Gasteiger partial charge in [0.15, 0.2) is 5.84 Å². The Kier molecular flexibility index (Phi) is 4.07. The van der Waals surface area contributed by atoms with Crippen molar-refractivity contribution in [2.45, 2.75) is 38.7 Å². The van der Waals surface area contributed by atoms with Gasteiger partial charge in [-0.25, -0.2) is 0 Å². The van der Waals surface area contributed by atoms with Gasteiger partial charge >= 0.3 is 0 Å². The molecule has 0 radical (unpaired) electrons. The van der Waals surface area contributed by atoms with E-state index in [1.54, 1.807) is 6.07 Å². The first kappa shape index (κ1) is 12.7. The number of hydrogen-bond donors (Lipinski definition) is 2. The zero-order chi connectivity index (χ0) is 13.0. The minimum absolute atomic E-state index is 0.0917. The number of nitrogens with two attached hydrogens (primary N) is 1. The fraction of sp³-hybridized carbons (Fsp3) is 0.500. The van der Waals surface area contributed by atoms with Gasteiger partial charge in [0.25, 0.3) is 0 Å². The second kappa shape index (κ2) is 5.76. The molecular weight excluding hydrogens is 228 g/mol. The topological polar surface area (TPSA) is 67.8 Å². The molecule has 4 heteroatoms. The first-order valence-electron chi connectivity index (χ1n) is 6.46. The van der Waals surface area contributed by atoms with Crippen LogP contribution in [0.3, 0.4) is 0 Å². The summed E-state index contributed by atoms with van der Waals surface area (Å²) >= 11 is 0. The van der Waals surface area contributed by atoms with E-state index in [9.17, 15) is 0 Å². The van der Waals surface area contributed by atoms with E-state index in [0.717, 1.165) is 6.42 Å². The van der Waals surface area contributed by atoms with Gasteiger partial charge in [-0.1, -0.05) is 30.6 Å². The summed E-state index contributed by atoms with van der Waals surface area (Å²) in [5, 5.41) is 11.8. The van der Waals surface area contributed by atoms with E-state index >= 15 is 0 Å². The van der Waals surface area contributed by atoms with Crippen molar-refractivity contribution in [1.29, 1.82) is 0 Å². The van der Waals surface area contributed by atoms with Crippen molar-refractivity contribution in [3.63, 3.8) is 0 Å². The maximum absolute atomic E-state index is 8.78. The van der Waals surface area contributed by atoms with Crippen LogP contribution >= 0.6 is 0 Å². The Morgan fingerprint density at radius 1 is 1.33 bits per heavy atom. The molecule has 2 unspecified atom stereocenters. The summed E-state index contributed by atoms with van der Waals surface area (Å²) in [6.07, 6.45) is 5.00. The van der Waals surface area contributed by atoms with Crippen LogP contribution in [0.4, 0.5) is 0 Å². The second-order valence-corrected chi connectivity index (χ2v) is 4.90. The van der Waals surface area contributed by atoms with Gasteiger partial charge in [0.2, 0.25) is 0 Å². The van der Waals surface area contributed by atoms with E-state index in [0.29, 0.717) is 17.2 Å². The quantitative estimate of drug-likeness (QED) is 0.374. The number of rotatable bonds is 3. The number of ether oxygens (including phenoxy) is 1. The number of hydrogen-bond acceptors (Lipinski definition) is 3. The highest BCUT2D eigenvalue weighted by atomic mass is 16.5. The van der Waals surface area contributed by atoms with Crippen LogP contribution in [0.1, 0.15) is 38.2 Å². The Morgan fingerprint density at radius 2 is 2.06 bits per heavy atom.